The van der Waals surface area contributed by atoms with Crippen molar-refractivity contribution >= 4 is 28.7 Å². The molecule has 4 N–H and O–H groups in total. The van der Waals surface area contributed by atoms with Crippen LogP contribution in [0.3, 0.4) is 0 Å². The highest BCUT2D eigenvalue weighted by Crippen LogP contribution is 2.36. The van der Waals surface area contributed by atoms with Crippen molar-refractivity contribution in [2.24, 2.45) is 0 Å². The van der Waals surface area contributed by atoms with Gasteiger partial charge in [0.15, 0.2) is 0 Å². The fourth-order valence-corrected chi connectivity index (χ4v) is 2.01. The Hall–Kier alpha value is -2.44. The van der Waals surface area contributed by atoms with Crippen LogP contribution in [0.5, 0.6) is 5.75 Å². The van der Waals surface area contributed by atoms with E-state index in [2.05, 4.69) is 6.58 Å². The molecular weight excluding hydrogens is 308 g/mol. The predicted octanol–water partition coefficient (Wildman–Crippen LogP) is 3.50. The molecule has 1 aliphatic rings. The van der Waals surface area contributed by atoms with Gasteiger partial charge >= 0.3 is 5.69 Å². The van der Waals surface area contributed by atoms with Gasteiger partial charge in [-0.3, -0.25) is 15.9 Å². The summed E-state index contributed by atoms with van der Waals surface area (Å²) in [7, 11) is 0. The summed E-state index contributed by atoms with van der Waals surface area (Å²) in [5, 5.41) is 29.3. The Balaban J connectivity index is 2.52. The second kappa shape index (κ2) is 7.02. The molecule has 0 saturated carbocycles. The first-order valence-electron chi connectivity index (χ1n) is 6.42. The van der Waals surface area contributed by atoms with Gasteiger partial charge in [-0.25, -0.2) is 0 Å². The number of para-hydroxylation sites is 1. The number of ether oxygens (including phenoxy) is 1. The molecule has 0 amide bonds. The maximum absolute atomic E-state index is 10.5. The molecule has 0 atom stereocenters. The minimum absolute atomic E-state index is 0.0850. The van der Waals surface area contributed by atoms with E-state index in [1.54, 1.807) is 30.4 Å². The van der Waals surface area contributed by atoms with Crippen molar-refractivity contribution in [1.82, 2.24) is 0 Å². The van der Waals surface area contributed by atoms with Crippen molar-refractivity contribution in [1.29, 1.82) is 0 Å². The van der Waals surface area contributed by atoms with Crippen molar-refractivity contribution in [2.45, 2.75) is 6.42 Å². The first-order chi connectivity index (χ1) is 10.6. The molecule has 0 radical (unpaired) electrons. The molecule has 1 aromatic rings. The number of hydrogen-bond donors (Lipinski definition) is 4. The lowest BCUT2D eigenvalue weighted by Crippen LogP contribution is -2.16. The molecule has 22 heavy (non-hydrogen) atoms. The van der Waals surface area contributed by atoms with Crippen LogP contribution in [0.4, 0.5) is 11.4 Å². The van der Waals surface area contributed by atoms with Gasteiger partial charge in [-0.1, -0.05) is 18.7 Å². The van der Waals surface area contributed by atoms with Crippen LogP contribution in [0.15, 0.2) is 54.5 Å². The van der Waals surface area contributed by atoms with Crippen LogP contribution in [0.25, 0.3) is 0 Å². The molecule has 0 saturated heterocycles. The monoisotopic (exact) mass is 323 g/mol. The van der Waals surface area contributed by atoms with Crippen molar-refractivity contribution in [2.75, 3.05) is 11.4 Å². The first kappa shape index (κ1) is 15.9. The molecule has 0 fully saturated rings. The maximum Gasteiger partial charge on any atom is 0.324 e. The summed E-state index contributed by atoms with van der Waals surface area (Å²) in [5.41, 5.74) is 2.80. The number of aliphatic hydroxyl groups is 1. The van der Waals surface area contributed by atoms with Gasteiger partial charge in [-0.05, 0) is 18.2 Å². The average Bonchev–Trinajstić information content (AvgIpc) is 2.53. The number of nitrogens with zero attached hydrogens (tertiary/aromatic N) is 1. The number of aliphatic hydroxyl groups excluding tert-OH is 1. The number of anilines is 1. The summed E-state index contributed by atoms with van der Waals surface area (Å²) in [6.45, 7) is 3.64. The van der Waals surface area contributed by atoms with Crippen LogP contribution in [-0.2, 0) is 0 Å². The lowest BCUT2D eigenvalue weighted by molar-refractivity contribution is -0.712. The average molecular weight is 324 g/mol. The Morgan fingerprint density at radius 1 is 1.45 bits per heavy atom. The van der Waals surface area contributed by atoms with E-state index in [0.29, 0.717) is 11.5 Å². The zero-order valence-corrected chi connectivity index (χ0v) is 12.4. The zero-order chi connectivity index (χ0) is 16.1. The third-order valence-corrected chi connectivity index (χ3v) is 3.24. The Labute approximate surface area is 132 Å². The van der Waals surface area contributed by atoms with Crippen molar-refractivity contribution < 1.29 is 25.0 Å². The molecule has 1 aromatic carbocycles. The normalized spacial score (nSPS) is 16.0. The number of halogens is 1. The Kier molecular flexibility index (Phi) is 5.08. The number of rotatable bonds is 5. The summed E-state index contributed by atoms with van der Waals surface area (Å²) in [6, 6.07) is 4.78. The fraction of sp³-hybridized carbons (Fsp3) is 0.133. The lowest BCUT2D eigenvalue weighted by atomic mass is 10.1. The van der Waals surface area contributed by atoms with E-state index in [4.69, 9.17) is 16.3 Å². The second-order valence-electron chi connectivity index (χ2n) is 4.54. The van der Waals surface area contributed by atoms with Crippen molar-refractivity contribution in [3.63, 3.8) is 0 Å². The van der Waals surface area contributed by atoms with Gasteiger partial charge in [0.25, 0.3) is 0 Å². The standard InChI is InChI=1S/C15H15ClN2O4/c1-10(9-16)22-14-7-3-6-13(17-20)15(14)18(21)11-4-2-5-12(19)8-11/h2-7,17,20-21H,1,8-9H2/p+1. The lowest BCUT2D eigenvalue weighted by Gasteiger charge is -2.11. The Morgan fingerprint density at radius 2 is 2.23 bits per heavy atom. The Bertz CT molecular complexity index is 680. The number of benzene rings is 1. The summed E-state index contributed by atoms with van der Waals surface area (Å²) >= 11 is 5.65. The highest BCUT2D eigenvalue weighted by atomic mass is 35.5. The van der Waals surface area contributed by atoms with Crippen LogP contribution in [0.1, 0.15) is 6.42 Å². The van der Waals surface area contributed by atoms with Gasteiger partial charge in [-0.15, -0.1) is 11.6 Å². The van der Waals surface area contributed by atoms with Gasteiger partial charge in [0.1, 0.15) is 17.2 Å². The van der Waals surface area contributed by atoms with E-state index < -0.39 is 0 Å². The molecule has 116 valence electrons. The van der Waals surface area contributed by atoms with Crippen molar-refractivity contribution in [3.05, 3.63) is 54.5 Å². The summed E-state index contributed by atoms with van der Waals surface area (Å²) in [5.74, 6) is 0.737. The maximum atomic E-state index is 10.5. The summed E-state index contributed by atoms with van der Waals surface area (Å²) in [4.78, 5) is 0. The summed E-state index contributed by atoms with van der Waals surface area (Å²) in [6.07, 6.45) is 4.90. The van der Waals surface area contributed by atoms with Crippen LogP contribution >= 0.6 is 11.6 Å². The molecular formula is C15H16ClN2O4+. The smallest absolute Gasteiger partial charge is 0.324 e. The van der Waals surface area contributed by atoms with Gasteiger partial charge < -0.3 is 9.84 Å². The summed E-state index contributed by atoms with van der Waals surface area (Å²) < 4.78 is 6.31. The molecule has 7 heteroatoms. The molecule has 1 aliphatic carbocycles. The molecule has 0 bridgehead atoms. The van der Waals surface area contributed by atoms with Crippen molar-refractivity contribution in [3.8, 4) is 5.75 Å². The van der Waals surface area contributed by atoms with E-state index >= 15 is 0 Å². The SMILES string of the molecule is C=C(CCl)Oc1cccc(NO)c1/[N+](O)=C1/C=CC=C(O)C1. The molecule has 0 heterocycles. The van der Waals surface area contributed by atoms with Gasteiger partial charge in [0.2, 0.25) is 11.5 Å². The number of hydrogen-bond acceptors (Lipinski definition) is 5. The van der Waals surface area contributed by atoms with Gasteiger partial charge in [-0.2, -0.15) is 0 Å². The van der Waals surface area contributed by atoms with Crippen LogP contribution in [-0.4, -0.2) is 31.9 Å². The molecule has 0 aliphatic heterocycles. The predicted molar refractivity (Wildman–Crippen MR) is 83.5 cm³/mol. The Morgan fingerprint density at radius 3 is 2.86 bits per heavy atom. The van der Waals surface area contributed by atoms with E-state index in [1.165, 1.54) is 6.08 Å². The van der Waals surface area contributed by atoms with Gasteiger partial charge in [0.05, 0.1) is 12.3 Å². The minimum atomic E-state index is 0.0850. The highest BCUT2D eigenvalue weighted by Gasteiger charge is 2.27. The quantitative estimate of drug-likeness (QED) is 0.219. The molecule has 2 rings (SSSR count). The molecule has 0 aromatic heterocycles. The second-order valence-corrected chi connectivity index (χ2v) is 4.80. The number of allylic oxidation sites excluding steroid dienone is 5. The number of alkyl halides is 1. The minimum Gasteiger partial charge on any atom is -0.512 e. The molecule has 6 nitrogen and oxygen atoms in total. The topological polar surface area (TPSA) is 85.0 Å². The van der Waals surface area contributed by atoms with Crippen LogP contribution in [0, 0.1) is 0 Å². The van der Waals surface area contributed by atoms with E-state index in [0.717, 1.165) is 4.74 Å². The third kappa shape index (κ3) is 3.41. The molecule has 0 unspecified atom stereocenters. The van der Waals surface area contributed by atoms with Crippen LogP contribution < -0.4 is 10.2 Å². The number of nitrogens with one attached hydrogen (secondary N) is 1. The van der Waals surface area contributed by atoms with E-state index in [9.17, 15) is 15.5 Å². The van der Waals surface area contributed by atoms with Gasteiger partial charge in [0, 0.05) is 10.8 Å². The third-order valence-electron chi connectivity index (χ3n) is 2.95. The van der Waals surface area contributed by atoms with E-state index in [1.807, 2.05) is 5.48 Å². The van der Waals surface area contributed by atoms with E-state index in [-0.39, 0.29) is 35.2 Å². The highest BCUT2D eigenvalue weighted by molar-refractivity contribution is 6.19. The largest absolute Gasteiger partial charge is 0.512 e. The first-order valence-corrected chi connectivity index (χ1v) is 6.96. The molecule has 0 spiro atoms. The fourth-order valence-electron chi connectivity index (χ4n) is 1.96. The van der Waals surface area contributed by atoms with Crippen LogP contribution in [0.2, 0.25) is 0 Å². The zero-order valence-electron chi connectivity index (χ0n) is 11.7.